The minimum absolute atomic E-state index is 0.101. The summed E-state index contributed by atoms with van der Waals surface area (Å²) in [6.07, 6.45) is 0.500. The molecule has 0 saturated carbocycles. The Morgan fingerprint density at radius 2 is 1.96 bits per heavy atom. The Morgan fingerprint density at radius 1 is 1.23 bits per heavy atom. The molecule has 2 N–H and O–H groups in total. The molecule has 138 valence electrons. The molecule has 1 heterocycles. The number of nitrogens with one attached hydrogen (secondary N) is 2. The molecule has 7 heteroatoms. The monoisotopic (exact) mass is 376 g/mol. The lowest BCUT2D eigenvalue weighted by atomic mass is 9.98. The molecule has 1 unspecified atom stereocenters. The van der Waals surface area contributed by atoms with Gasteiger partial charge in [-0.25, -0.2) is 17.5 Å². The Hall–Kier alpha value is -2.09. The van der Waals surface area contributed by atoms with Crippen LogP contribution in [0.1, 0.15) is 22.3 Å². The van der Waals surface area contributed by atoms with Crippen LogP contribution >= 0.6 is 0 Å². The van der Waals surface area contributed by atoms with Gasteiger partial charge >= 0.3 is 0 Å². The fourth-order valence-electron chi connectivity index (χ4n) is 3.04. The highest BCUT2D eigenvalue weighted by atomic mass is 32.2. The standard InChI is InChI=1S/C19H21FN2O3S/c1-13-9-15(14-5-3-2-4-6-14)10-17(19(13)20)18(23)12-22-26(24,25)16-7-8-21-11-16/h2-6,9-10,16,21-22H,7-8,11-12H2,1H3. The lowest BCUT2D eigenvalue weighted by molar-refractivity contribution is 0.0993. The molecule has 2 aromatic rings. The van der Waals surface area contributed by atoms with E-state index in [1.54, 1.807) is 13.0 Å². The fraction of sp³-hybridized carbons (Fsp3) is 0.316. The van der Waals surface area contributed by atoms with Crippen LogP contribution in [0.3, 0.4) is 0 Å². The minimum Gasteiger partial charge on any atom is -0.315 e. The summed E-state index contributed by atoms with van der Waals surface area (Å²) < 4.78 is 41.2. The van der Waals surface area contributed by atoms with Crippen molar-refractivity contribution < 1.29 is 17.6 Å². The summed E-state index contributed by atoms with van der Waals surface area (Å²) >= 11 is 0. The van der Waals surface area contributed by atoms with E-state index in [9.17, 15) is 17.6 Å². The summed E-state index contributed by atoms with van der Waals surface area (Å²) in [5.74, 6) is -1.20. The summed E-state index contributed by atoms with van der Waals surface area (Å²) in [4.78, 5) is 12.5. The average Bonchev–Trinajstić information content (AvgIpc) is 3.18. The van der Waals surface area contributed by atoms with Gasteiger partial charge < -0.3 is 5.32 Å². The van der Waals surface area contributed by atoms with E-state index in [0.29, 0.717) is 25.1 Å². The SMILES string of the molecule is Cc1cc(-c2ccccc2)cc(C(=O)CNS(=O)(=O)C2CCNC2)c1F. The number of hydrogen-bond acceptors (Lipinski definition) is 4. The maximum atomic E-state index is 14.5. The normalized spacial score (nSPS) is 17.4. The lowest BCUT2D eigenvalue weighted by Crippen LogP contribution is -2.38. The number of hydrogen-bond donors (Lipinski definition) is 2. The second-order valence-corrected chi connectivity index (χ2v) is 8.47. The first-order valence-electron chi connectivity index (χ1n) is 8.46. The molecule has 1 fully saturated rings. The Morgan fingerprint density at radius 3 is 2.62 bits per heavy atom. The van der Waals surface area contributed by atoms with Crippen molar-refractivity contribution in [1.29, 1.82) is 0 Å². The van der Waals surface area contributed by atoms with Gasteiger partial charge in [0.2, 0.25) is 10.0 Å². The quantitative estimate of drug-likeness (QED) is 0.759. The Labute approximate surface area is 152 Å². The van der Waals surface area contributed by atoms with Crippen molar-refractivity contribution in [3.8, 4) is 11.1 Å². The van der Waals surface area contributed by atoms with E-state index in [0.717, 1.165) is 11.1 Å². The lowest BCUT2D eigenvalue weighted by Gasteiger charge is -2.13. The number of sulfonamides is 1. The smallest absolute Gasteiger partial charge is 0.216 e. The molecule has 0 amide bonds. The molecular formula is C19H21FN2O3S. The van der Waals surface area contributed by atoms with Gasteiger partial charge in [0.25, 0.3) is 0 Å². The molecule has 0 aromatic heterocycles. The van der Waals surface area contributed by atoms with Gasteiger partial charge in [0.1, 0.15) is 5.82 Å². The van der Waals surface area contributed by atoms with E-state index in [1.807, 2.05) is 30.3 Å². The van der Waals surface area contributed by atoms with Gasteiger partial charge in [-0.05, 0) is 48.7 Å². The van der Waals surface area contributed by atoms with Crippen LogP contribution in [0.5, 0.6) is 0 Å². The van der Waals surface area contributed by atoms with Crippen LogP contribution < -0.4 is 10.0 Å². The largest absolute Gasteiger partial charge is 0.315 e. The van der Waals surface area contributed by atoms with Gasteiger partial charge in [-0.3, -0.25) is 4.79 Å². The predicted octanol–water partition coefficient (Wildman–Crippen LogP) is 2.27. The summed E-state index contributed by atoms with van der Waals surface area (Å²) in [6, 6.07) is 12.5. The van der Waals surface area contributed by atoms with Crippen LogP contribution in [-0.4, -0.2) is 39.1 Å². The highest BCUT2D eigenvalue weighted by Gasteiger charge is 2.29. The predicted molar refractivity (Wildman–Crippen MR) is 99.1 cm³/mol. The number of Topliss-reactive ketones (excluding diaryl/α,β-unsaturated/α-hetero) is 1. The van der Waals surface area contributed by atoms with E-state index in [-0.39, 0.29) is 5.56 Å². The van der Waals surface area contributed by atoms with Crippen LogP contribution in [0.15, 0.2) is 42.5 Å². The summed E-state index contributed by atoms with van der Waals surface area (Å²) in [5, 5.41) is 2.42. The molecule has 5 nitrogen and oxygen atoms in total. The van der Waals surface area contributed by atoms with Gasteiger partial charge in [-0.15, -0.1) is 0 Å². The van der Waals surface area contributed by atoms with Gasteiger partial charge in [0.05, 0.1) is 17.4 Å². The average molecular weight is 376 g/mol. The molecule has 1 saturated heterocycles. The second-order valence-electron chi connectivity index (χ2n) is 6.42. The molecule has 3 rings (SSSR count). The van der Waals surface area contributed by atoms with Gasteiger partial charge in [-0.1, -0.05) is 30.3 Å². The summed E-state index contributed by atoms with van der Waals surface area (Å²) in [7, 11) is -3.60. The molecule has 1 aliphatic heterocycles. The van der Waals surface area contributed by atoms with E-state index in [4.69, 9.17) is 0 Å². The fourth-order valence-corrected chi connectivity index (χ4v) is 4.38. The molecule has 0 bridgehead atoms. The number of carbonyl (C=O) groups is 1. The highest BCUT2D eigenvalue weighted by Crippen LogP contribution is 2.25. The van der Waals surface area contributed by atoms with E-state index in [1.165, 1.54) is 6.07 Å². The molecular weight excluding hydrogens is 355 g/mol. The minimum atomic E-state index is -3.60. The zero-order chi connectivity index (χ0) is 18.7. The highest BCUT2D eigenvalue weighted by molar-refractivity contribution is 7.90. The molecule has 1 atom stereocenters. The second kappa shape index (κ2) is 7.65. The van der Waals surface area contributed by atoms with E-state index < -0.39 is 33.4 Å². The van der Waals surface area contributed by atoms with Crippen LogP contribution in [-0.2, 0) is 10.0 Å². The Kier molecular flexibility index (Phi) is 5.50. The number of rotatable bonds is 6. The summed E-state index contributed by atoms with van der Waals surface area (Å²) in [5.41, 5.74) is 1.83. The Balaban J connectivity index is 1.81. The molecule has 1 aliphatic rings. The van der Waals surface area contributed by atoms with Crippen molar-refractivity contribution in [1.82, 2.24) is 10.0 Å². The van der Waals surface area contributed by atoms with Crippen LogP contribution in [0.2, 0.25) is 0 Å². The topological polar surface area (TPSA) is 75.3 Å². The van der Waals surface area contributed by atoms with E-state index in [2.05, 4.69) is 10.0 Å². The summed E-state index contributed by atoms with van der Waals surface area (Å²) in [6.45, 7) is 2.13. The van der Waals surface area contributed by atoms with Crippen molar-refractivity contribution in [2.75, 3.05) is 19.6 Å². The number of carbonyl (C=O) groups excluding carboxylic acids is 1. The number of ketones is 1. The maximum Gasteiger partial charge on any atom is 0.216 e. The first-order valence-corrected chi connectivity index (χ1v) is 10.0. The molecule has 0 radical (unpaired) electrons. The first kappa shape index (κ1) is 18.7. The molecule has 26 heavy (non-hydrogen) atoms. The third kappa shape index (κ3) is 4.00. The molecule has 0 spiro atoms. The van der Waals surface area contributed by atoms with Crippen molar-refractivity contribution >= 4 is 15.8 Å². The van der Waals surface area contributed by atoms with Crippen molar-refractivity contribution in [3.05, 3.63) is 59.4 Å². The number of aryl methyl sites for hydroxylation is 1. The molecule has 0 aliphatic carbocycles. The first-order chi connectivity index (χ1) is 12.4. The van der Waals surface area contributed by atoms with Gasteiger partial charge in [-0.2, -0.15) is 0 Å². The van der Waals surface area contributed by atoms with Gasteiger partial charge in [0.15, 0.2) is 5.78 Å². The van der Waals surface area contributed by atoms with Crippen molar-refractivity contribution in [2.24, 2.45) is 0 Å². The van der Waals surface area contributed by atoms with Gasteiger partial charge in [0, 0.05) is 6.54 Å². The van der Waals surface area contributed by atoms with Crippen LogP contribution in [0.4, 0.5) is 4.39 Å². The molecule has 2 aromatic carbocycles. The third-order valence-corrected chi connectivity index (χ3v) is 6.38. The number of halogens is 1. The third-order valence-electron chi connectivity index (χ3n) is 4.55. The van der Waals surface area contributed by atoms with E-state index >= 15 is 0 Å². The van der Waals surface area contributed by atoms with Crippen molar-refractivity contribution in [2.45, 2.75) is 18.6 Å². The van der Waals surface area contributed by atoms with Crippen molar-refractivity contribution in [3.63, 3.8) is 0 Å². The zero-order valence-electron chi connectivity index (χ0n) is 14.5. The Bertz CT molecular complexity index is 908. The number of benzene rings is 2. The van der Waals surface area contributed by atoms with Crippen LogP contribution in [0, 0.1) is 12.7 Å². The van der Waals surface area contributed by atoms with Crippen LogP contribution in [0.25, 0.3) is 11.1 Å². The maximum absolute atomic E-state index is 14.5. The zero-order valence-corrected chi connectivity index (χ0v) is 15.3.